The highest BCUT2D eigenvalue weighted by atomic mass is 35.5. The lowest BCUT2D eigenvalue weighted by Crippen LogP contribution is -2.52. The monoisotopic (exact) mass is 302 g/mol. The van der Waals surface area contributed by atoms with Crippen molar-refractivity contribution in [2.24, 2.45) is 7.05 Å². The fourth-order valence-electron chi connectivity index (χ4n) is 2.40. The van der Waals surface area contributed by atoms with Crippen molar-refractivity contribution in [2.45, 2.75) is 31.8 Å². The van der Waals surface area contributed by atoms with Gasteiger partial charge in [0.2, 0.25) is 0 Å². The van der Waals surface area contributed by atoms with Crippen molar-refractivity contribution in [3.05, 3.63) is 27.9 Å². The van der Waals surface area contributed by atoms with E-state index in [0.717, 1.165) is 19.4 Å². The van der Waals surface area contributed by atoms with Crippen LogP contribution in [0.15, 0.2) is 12.1 Å². The molecule has 112 valence electrons. The van der Waals surface area contributed by atoms with E-state index in [4.69, 9.17) is 0 Å². The summed E-state index contributed by atoms with van der Waals surface area (Å²) in [5.74, 6) is -0.351. The van der Waals surface area contributed by atoms with Crippen molar-refractivity contribution in [3.63, 3.8) is 0 Å². The van der Waals surface area contributed by atoms with Gasteiger partial charge in [0.05, 0.1) is 7.05 Å². The van der Waals surface area contributed by atoms with E-state index in [0.29, 0.717) is 5.69 Å². The fourth-order valence-corrected chi connectivity index (χ4v) is 2.40. The minimum absolute atomic E-state index is 0. The van der Waals surface area contributed by atoms with Crippen molar-refractivity contribution in [1.82, 2.24) is 15.2 Å². The van der Waals surface area contributed by atoms with E-state index in [2.05, 4.69) is 10.6 Å². The van der Waals surface area contributed by atoms with Crippen LogP contribution >= 0.6 is 12.4 Å². The van der Waals surface area contributed by atoms with Crippen molar-refractivity contribution in [3.8, 4) is 0 Å². The van der Waals surface area contributed by atoms with E-state index < -0.39 is 4.92 Å². The highest BCUT2D eigenvalue weighted by Crippen LogP contribution is 2.16. The molecule has 20 heavy (non-hydrogen) atoms. The summed E-state index contributed by atoms with van der Waals surface area (Å²) < 4.78 is 1.30. The molecular weight excluding hydrogens is 284 g/mol. The summed E-state index contributed by atoms with van der Waals surface area (Å²) in [5, 5.41) is 17.0. The van der Waals surface area contributed by atoms with E-state index in [1.165, 1.54) is 23.7 Å². The van der Waals surface area contributed by atoms with Gasteiger partial charge in [0.1, 0.15) is 0 Å². The molecule has 2 rings (SSSR count). The van der Waals surface area contributed by atoms with Gasteiger partial charge in [-0.25, -0.2) is 4.57 Å². The Morgan fingerprint density at radius 2 is 2.25 bits per heavy atom. The summed E-state index contributed by atoms with van der Waals surface area (Å²) in [6, 6.07) is 3.11. The van der Waals surface area contributed by atoms with Crippen LogP contribution in [0.25, 0.3) is 0 Å². The van der Waals surface area contributed by atoms with Gasteiger partial charge < -0.3 is 20.7 Å². The summed E-state index contributed by atoms with van der Waals surface area (Å²) in [6.45, 7) is 2.99. The number of nitrogens with one attached hydrogen (secondary N) is 2. The zero-order valence-electron chi connectivity index (χ0n) is 11.5. The molecule has 0 radical (unpaired) electrons. The van der Waals surface area contributed by atoms with Crippen LogP contribution in [-0.2, 0) is 7.05 Å². The molecule has 0 spiro atoms. The Labute approximate surface area is 123 Å². The molecule has 2 N–H and O–H groups in total. The molecular formula is C12H19ClN4O3. The minimum atomic E-state index is -0.498. The Hall–Kier alpha value is -1.60. The van der Waals surface area contributed by atoms with Gasteiger partial charge in [0.15, 0.2) is 5.69 Å². The standard InChI is InChI=1S/C12H18N4O3.ClH/c1-8-9(4-3-7-13-8)14-12(17)10-5-6-11(15(10)2)16(18)19;/h5-6,8-9,13H,3-4,7H2,1-2H3,(H,14,17);1H. The maximum Gasteiger partial charge on any atom is 0.323 e. The van der Waals surface area contributed by atoms with Crippen LogP contribution in [0.5, 0.6) is 0 Å². The van der Waals surface area contributed by atoms with Gasteiger partial charge >= 0.3 is 5.82 Å². The van der Waals surface area contributed by atoms with Crippen LogP contribution < -0.4 is 10.6 Å². The van der Waals surface area contributed by atoms with Crippen LogP contribution in [0.2, 0.25) is 0 Å². The lowest BCUT2D eigenvalue weighted by molar-refractivity contribution is -0.391. The third-order valence-corrected chi connectivity index (χ3v) is 3.59. The van der Waals surface area contributed by atoms with Crippen LogP contribution in [-0.4, -0.2) is 34.0 Å². The number of rotatable bonds is 3. The van der Waals surface area contributed by atoms with Gasteiger partial charge in [-0.1, -0.05) is 0 Å². The Morgan fingerprint density at radius 1 is 1.55 bits per heavy atom. The van der Waals surface area contributed by atoms with Crippen LogP contribution in [0.3, 0.4) is 0 Å². The molecule has 1 aromatic heterocycles. The van der Waals surface area contributed by atoms with Gasteiger partial charge in [0, 0.05) is 18.2 Å². The summed E-state index contributed by atoms with van der Waals surface area (Å²) in [5.41, 5.74) is 0.310. The molecule has 8 heteroatoms. The summed E-state index contributed by atoms with van der Waals surface area (Å²) >= 11 is 0. The van der Waals surface area contributed by atoms with Crippen molar-refractivity contribution in [2.75, 3.05) is 6.54 Å². The summed E-state index contributed by atoms with van der Waals surface area (Å²) in [7, 11) is 1.52. The smallest absolute Gasteiger partial charge is 0.323 e. The zero-order chi connectivity index (χ0) is 14.0. The first kappa shape index (κ1) is 16.5. The SMILES string of the molecule is CC1NCCCC1NC(=O)c1ccc([N+](=O)[O-])n1C.Cl. The predicted molar refractivity (Wildman–Crippen MR) is 77.3 cm³/mol. The Balaban J connectivity index is 0.00000200. The minimum Gasteiger partial charge on any atom is -0.358 e. The first-order valence-electron chi connectivity index (χ1n) is 6.35. The zero-order valence-corrected chi connectivity index (χ0v) is 12.3. The molecule has 0 saturated carbocycles. The molecule has 2 heterocycles. The maximum absolute atomic E-state index is 12.1. The average molecular weight is 303 g/mol. The second kappa shape index (κ2) is 6.71. The van der Waals surface area contributed by atoms with Crippen LogP contribution in [0.1, 0.15) is 30.3 Å². The highest BCUT2D eigenvalue weighted by molar-refractivity contribution is 5.93. The largest absolute Gasteiger partial charge is 0.358 e. The number of nitrogens with zero attached hydrogens (tertiary/aromatic N) is 2. The van der Waals surface area contributed by atoms with Gasteiger partial charge in [-0.15, -0.1) is 12.4 Å². The van der Waals surface area contributed by atoms with Gasteiger partial charge in [-0.2, -0.15) is 0 Å². The number of nitro groups is 1. The first-order chi connectivity index (χ1) is 9.00. The molecule has 1 fully saturated rings. The van der Waals surface area contributed by atoms with E-state index in [1.54, 1.807) is 0 Å². The molecule has 1 saturated heterocycles. The lowest BCUT2D eigenvalue weighted by atomic mass is 10.00. The van der Waals surface area contributed by atoms with Gasteiger partial charge in [-0.3, -0.25) is 4.79 Å². The van der Waals surface area contributed by atoms with Crippen molar-refractivity contribution in [1.29, 1.82) is 0 Å². The van der Waals surface area contributed by atoms with E-state index in [-0.39, 0.29) is 36.2 Å². The molecule has 1 aromatic rings. The quantitative estimate of drug-likeness (QED) is 0.649. The number of amides is 1. The number of halogens is 1. The third-order valence-electron chi connectivity index (χ3n) is 3.59. The molecule has 7 nitrogen and oxygen atoms in total. The van der Waals surface area contributed by atoms with Crippen LogP contribution in [0.4, 0.5) is 5.82 Å². The number of carbonyl (C=O) groups excluding carboxylic acids is 1. The van der Waals surface area contributed by atoms with E-state index in [9.17, 15) is 14.9 Å². The Bertz CT molecular complexity index is 503. The average Bonchev–Trinajstić information content (AvgIpc) is 2.74. The number of hydrogen-bond acceptors (Lipinski definition) is 4. The summed E-state index contributed by atoms with van der Waals surface area (Å²) in [6.07, 6.45) is 1.94. The molecule has 0 bridgehead atoms. The lowest BCUT2D eigenvalue weighted by Gasteiger charge is -2.30. The van der Waals surface area contributed by atoms with Crippen molar-refractivity contribution >= 4 is 24.1 Å². The number of carbonyl (C=O) groups is 1. The topological polar surface area (TPSA) is 89.2 Å². The highest BCUT2D eigenvalue weighted by Gasteiger charge is 2.26. The van der Waals surface area contributed by atoms with Gasteiger partial charge in [-0.05, 0) is 37.3 Å². The molecule has 1 aliphatic heterocycles. The molecule has 0 aromatic carbocycles. The van der Waals surface area contributed by atoms with Gasteiger partial charge in [0.25, 0.3) is 5.91 Å². The normalized spacial score (nSPS) is 21.9. The molecule has 0 aliphatic carbocycles. The Kier molecular flexibility index (Phi) is 5.52. The van der Waals surface area contributed by atoms with Crippen molar-refractivity contribution < 1.29 is 9.72 Å². The first-order valence-corrected chi connectivity index (χ1v) is 6.35. The molecule has 1 aliphatic rings. The molecule has 1 amide bonds. The molecule has 2 unspecified atom stereocenters. The predicted octanol–water partition coefficient (Wildman–Crippen LogP) is 1.23. The fraction of sp³-hybridized carbons (Fsp3) is 0.583. The Morgan fingerprint density at radius 3 is 2.80 bits per heavy atom. The number of aromatic nitrogens is 1. The maximum atomic E-state index is 12.1. The van der Waals surface area contributed by atoms with E-state index in [1.807, 2.05) is 6.92 Å². The van der Waals surface area contributed by atoms with E-state index >= 15 is 0 Å². The molecule has 2 atom stereocenters. The third kappa shape index (κ3) is 3.29. The second-order valence-electron chi connectivity index (χ2n) is 4.86. The summed E-state index contributed by atoms with van der Waals surface area (Å²) in [4.78, 5) is 22.4. The second-order valence-corrected chi connectivity index (χ2v) is 4.86. The number of piperidine rings is 1. The van der Waals surface area contributed by atoms with Crippen LogP contribution in [0, 0.1) is 10.1 Å². The number of hydrogen-bond donors (Lipinski definition) is 2.